The molecule has 2 rings (SSSR count). The highest BCUT2D eigenvalue weighted by Gasteiger charge is 2.13. The quantitative estimate of drug-likeness (QED) is 0.782. The molecule has 7 heteroatoms. The van der Waals surface area contributed by atoms with Crippen LogP contribution in [0.1, 0.15) is 9.80 Å². The minimum absolute atomic E-state index is 0.143. The zero-order valence-electron chi connectivity index (χ0n) is 7.22. The van der Waals surface area contributed by atoms with Crippen LogP contribution >= 0.6 is 11.3 Å². The van der Waals surface area contributed by atoms with Crippen molar-refractivity contribution in [2.24, 2.45) is 0 Å². The molecule has 2 aromatic rings. The van der Waals surface area contributed by atoms with Gasteiger partial charge in [-0.25, -0.2) is 9.78 Å². The van der Waals surface area contributed by atoms with Crippen LogP contribution < -0.4 is 0 Å². The van der Waals surface area contributed by atoms with Crippen molar-refractivity contribution >= 4 is 17.3 Å². The number of carboxylic acid groups (broad SMARTS) is 1. The number of hydrogen-bond acceptors (Lipinski definition) is 5. The summed E-state index contributed by atoms with van der Waals surface area (Å²) in [7, 11) is 0. The topological polar surface area (TPSA) is 76.0 Å². The zero-order valence-corrected chi connectivity index (χ0v) is 8.03. The standard InChI is InChI=1S/C8H4FN3O2S/c9-5-3-1-2-4(10-5)6-11-12-7(15-6)8(13)14/h1-3H,(H,13,14). The number of nitrogens with zero attached hydrogens (tertiary/aromatic N) is 3. The van der Waals surface area contributed by atoms with Gasteiger partial charge in [-0.2, -0.15) is 4.39 Å². The smallest absolute Gasteiger partial charge is 0.367 e. The lowest BCUT2D eigenvalue weighted by Gasteiger charge is -1.92. The molecular formula is C8H4FN3O2S. The minimum atomic E-state index is -1.16. The highest BCUT2D eigenvalue weighted by atomic mass is 32.1. The molecule has 0 fully saturated rings. The first kappa shape index (κ1) is 9.66. The normalized spacial score (nSPS) is 10.2. The van der Waals surface area contributed by atoms with Crippen LogP contribution in [0.5, 0.6) is 0 Å². The van der Waals surface area contributed by atoms with Gasteiger partial charge in [-0.05, 0) is 12.1 Å². The van der Waals surface area contributed by atoms with Gasteiger partial charge >= 0.3 is 5.97 Å². The van der Waals surface area contributed by atoms with E-state index >= 15 is 0 Å². The Morgan fingerprint density at radius 2 is 2.20 bits per heavy atom. The number of halogens is 1. The summed E-state index contributed by atoms with van der Waals surface area (Å²) in [6.07, 6.45) is 0. The van der Waals surface area contributed by atoms with E-state index in [1.807, 2.05) is 0 Å². The Morgan fingerprint density at radius 1 is 1.40 bits per heavy atom. The van der Waals surface area contributed by atoms with Crippen LogP contribution in [0.15, 0.2) is 18.2 Å². The molecule has 0 radical (unpaired) electrons. The molecule has 2 aromatic heterocycles. The molecule has 0 unspecified atom stereocenters. The predicted octanol–water partition coefficient (Wildman–Crippen LogP) is 1.44. The molecule has 2 heterocycles. The zero-order chi connectivity index (χ0) is 10.8. The summed E-state index contributed by atoms with van der Waals surface area (Å²) in [5.74, 6) is -1.80. The molecule has 15 heavy (non-hydrogen) atoms. The van der Waals surface area contributed by atoms with E-state index in [2.05, 4.69) is 15.2 Å². The molecule has 0 aliphatic heterocycles. The summed E-state index contributed by atoms with van der Waals surface area (Å²) in [6.45, 7) is 0. The monoisotopic (exact) mass is 225 g/mol. The molecule has 0 spiro atoms. The largest absolute Gasteiger partial charge is 0.476 e. The van der Waals surface area contributed by atoms with Crippen molar-refractivity contribution < 1.29 is 14.3 Å². The van der Waals surface area contributed by atoms with E-state index in [-0.39, 0.29) is 15.7 Å². The lowest BCUT2D eigenvalue weighted by molar-refractivity contribution is 0.0695. The highest BCUT2D eigenvalue weighted by molar-refractivity contribution is 7.16. The predicted molar refractivity (Wildman–Crippen MR) is 50.1 cm³/mol. The van der Waals surface area contributed by atoms with Crippen LogP contribution in [0, 0.1) is 5.95 Å². The summed E-state index contributed by atoms with van der Waals surface area (Å²) in [5.41, 5.74) is 0.278. The number of aromatic carboxylic acids is 1. The maximum Gasteiger partial charge on any atom is 0.367 e. The Bertz CT molecular complexity index is 514. The Morgan fingerprint density at radius 3 is 2.80 bits per heavy atom. The Kier molecular flexibility index (Phi) is 2.38. The van der Waals surface area contributed by atoms with E-state index in [0.29, 0.717) is 0 Å². The maximum absolute atomic E-state index is 12.7. The van der Waals surface area contributed by atoms with Crippen molar-refractivity contribution in [3.05, 3.63) is 29.2 Å². The molecule has 0 saturated heterocycles. The van der Waals surface area contributed by atoms with Gasteiger partial charge in [0.15, 0.2) is 5.01 Å². The summed E-state index contributed by atoms with van der Waals surface area (Å²) in [6, 6.07) is 4.21. The van der Waals surface area contributed by atoms with Crippen LogP contribution in [0.3, 0.4) is 0 Å². The van der Waals surface area contributed by atoms with Gasteiger partial charge in [0.25, 0.3) is 0 Å². The number of carbonyl (C=O) groups is 1. The van der Waals surface area contributed by atoms with Crippen molar-refractivity contribution in [1.29, 1.82) is 0 Å². The van der Waals surface area contributed by atoms with Gasteiger partial charge in [0.05, 0.1) is 0 Å². The average Bonchev–Trinajstić information content (AvgIpc) is 2.66. The van der Waals surface area contributed by atoms with Crippen LogP contribution in [0.25, 0.3) is 10.7 Å². The molecule has 0 aliphatic carbocycles. The van der Waals surface area contributed by atoms with Crippen LogP contribution in [0.2, 0.25) is 0 Å². The van der Waals surface area contributed by atoms with Crippen molar-refractivity contribution in [3.8, 4) is 10.7 Å². The van der Waals surface area contributed by atoms with Crippen LogP contribution in [0.4, 0.5) is 4.39 Å². The molecule has 0 atom stereocenters. The van der Waals surface area contributed by atoms with Gasteiger partial charge in [-0.15, -0.1) is 10.2 Å². The molecule has 1 N–H and O–H groups in total. The van der Waals surface area contributed by atoms with E-state index in [4.69, 9.17) is 5.11 Å². The second-order valence-electron chi connectivity index (χ2n) is 2.56. The number of carboxylic acids is 1. The lowest BCUT2D eigenvalue weighted by Crippen LogP contribution is -1.93. The van der Waals surface area contributed by atoms with Crippen LogP contribution in [-0.4, -0.2) is 26.3 Å². The first-order chi connectivity index (χ1) is 7.16. The molecule has 0 aliphatic rings. The third-order valence-electron chi connectivity index (χ3n) is 1.54. The Balaban J connectivity index is 2.41. The van der Waals surface area contributed by atoms with Crippen molar-refractivity contribution in [2.45, 2.75) is 0 Å². The summed E-state index contributed by atoms with van der Waals surface area (Å²) < 4.78 is 12.7. The maximum atomic E-state index is 12.7. The molecule has 0 aromatic carbocycles. The average molecular weight is 225 g/mol. The fourth-order valence-corrected chi connectivity index (χ4v) is 1.59. The second-order valence-corrected chi connectivity index (χ2v) is 3.54. The fourth-order valence-electron chi connectivity index (χ4n) is 0.941. The number of aromatic nitrogens is 3. The van der Waals surface area contributed by atoms with Crippen molar-refractivity contribution in [3.63, 3.8) is 0 Å². The SMILES string of the molecule is O=C(O)c1nnc(-c2cccc(F)n2)s1. The third-order valence-corrected chi connectivity index (χ3v) is 2.48. The molecule has 0 amide bonds. The van der Waals surface area contributed by atoms with E-state index < -0.39 is 11.9 Å². The molecular weight excluding hydrogens is 221 g/mol. The first-order valence-corrected chi connectivity index (χ1v) is 4.68. The summed E-state index contributed by atoms with van der Waals surface area (Å²) in [4.78, 5) is 14.1. The molecule has 0 bridgehead atoms. The number of pyridine rings is 1. The second kappa shape index (κ2) is 3.70. The first-order valence-electron chi connectivity index (χ1n) is 3.86. The van der Waals surface area contributed by atoms with Crippen molar-refractivity contribution in [2.75, 3.05) is 0 Å². The summed E-state index contributed by atoms with van der Waals surface area (Å²) >= 11 is 0.852. The Labute approximate surface area is 87.2 Å². The van der Waals surface area contributed by atoms with Crippen molar-refractivity contribution in [1.82, 2.24) is 15.2 Å². The minimum Gasteiger partial charge on any atom is -0.476 e. The molecule has 5 nitrogen and oxygen atoms in total. The van der Waals surface area contributed by atoms with Gasteiger partial charge in [-0.1, -0.05) is 17.4 Å². The third kappa shape index (κ3) is 1.96. The highest BCUT2D eigenvalue weighted by Crippen LogP contribution is 2.21. The van der Waals surface area contributed by atoms with E-state index in [0.717, 1.165) is 11.3 Å². The van der Waals surface area contributed by atoms with Gasteiger partial charge < -0.3 is 5.11 Å². The Hall–Kier alpha value is -1.89. The van der Waals surface area contributed by atoms with Gasteiger partial charge in [-0.3, -0.25) is 0 Å². The van der Waals surface area contributed by atoms with E-state index in [1.165, 1.54) is 18.2 Å². The lowest BCUT2D eigenvalue weighted by atomic mass is 10.4. The van der Waals surface area contributed by atoms with Crippen LogP contribution in [-0.2, 0) is 0 Å². The molecule has 76 valence electrons. The van der Waals surface area contributed by atoms with E-state index in [9.17, 15) is 9.18 Å². The number of rotatable bonds is 2. The number of hydrogen-bond donors (Lipinski definition) is 1. The van der Waals surface area contributed by atoms with Gasteiger partial charge in [0.2, 0.25) is 11.0 Å². The van der Waals surface area contributed by atoms with E-state index in [1.54, 1.807) is 0 Å². The van der Waals surface area contributed by atoms with Gasteiger partial charge in [0, 0.05) is 0 Å². The molecule has 0 saturated carbocycles. The van der Waals surface area contributed by atoms with Gasteiger partial charge in [0.1, 0.15) is 5.69 Å². The fraction of sp³-hybridized carbons (Fsp3) is 0. The summed E-state index contributed by atoms with van der Waals surface area (Å²) in [5, 5.41) is 15.8.